The van der Waals surface area contributed by atoms with E-state index < -0.39 is 6.04 Å². The molecule has 1 saturated heterocycles. The zero-order valence-electron chi connectivity index (χ0n) is 10.1. The Bertz CT molecular complexity index is 261. The first-order valence-electron chi connectivity index (χ1n) is 5.86. The highest BCUT2D eigenvalue weighted by molar-refractivity contribution is 5.85. The molecule has 0 spiro atoms. The lowest BCUT2D eigenvalue weighted by atomic mass is 10.1. The summed E-state index contributed by atoms with van der Waals surface area (Å²) in [6.07, 6.45) is 2.41. The minimum Gasteiger partial charge on any atom is -0.383 e. The summed E-state index contributed by atoms with van der Waals surface area (Å²) in [5.74, 6) is 0.626. The second-order valence-corrected chi connectivity index (χ2v) is 4.57. The molecule has 1 saturated carbocycles. The van der Waals surface area contributed by atoms with Gasteiger partial charge in [0.15, 0.2) is 0 Å². The number of hydrogen-bond acceptors (Lipinski definition) is 4. The van der Waals surface area contributed by atoms with Gasteiger partial charge in [0.1, 0.15) is 6.04 Å². The molecule has 17 heavy (non-hydrogen) atoms. The van der Waals surface area contributed by atoms with Gasteiger partial charge in [-0.15, -0.1) is 12.4 Å². The number of nitrogens with zero attached hydrogens (tertiary/aromatic N) is 1. The molecular weight excluding hydrogens is 244 g/mol. The Morgan fingerprint density at radius 1 is 1.59 bits per heavy atom. The number of nitrogens with two attached hydrogens (primary N) is 1. The highest BCUT2D eigenvalue weighted by Gasteiger charge is 2.40. The van der Waals surface area contributed by atoms with Crippen LogP contribution in [0, 0.1) is 5.92 Å². The molecule has 0 radical (unpaired) electrons. The molecule has 2 unspecified atom stereocenters. The number of hydrogen-bond donors (Lipinski definition) is 1. The molecule has 2 aliphatic rings. The van der Waals surface area contributed by atoms with Crippen LogP contribution in [0.5, 0.6) is 0 Å². The first-order valence-corrected chi connectivity index (χ1v) is 5.86. The summed E-state index contributed by atoms with van der Waals surface area (Å²) >= 11 is 0. The van der Waals surface area contributed by atoms with Crippen molar-refractivity contribution in [3.8, 4) is 0 Å². The van der Waals surface area contributed by atoms with Gasteiger partial charge in [0.2, 0.25) is 5.91 Å². The molecule has 1 amide bonds. The first-order chi connectivity index (χ1) is 7.74. The molecule has 1 aliphatic heterocycles. The molecule has 1 aliphatic carbocycles. The molecule has 0 aromatic carbocycles. The van der Waals surface area contributed by atoms with E-state index >= 15 is 0 Å². The van der Waals surface area contributed by atoms with E-state index in [0.29, 0.717) is 25.7 Å². The highest BCUT2D eigenvalue weighted by atomic mass is 35.5. The summed E-state index contributed by atoms with van der Waals surface area (Å²) in [5, 5.41) is 0. The molecule has 0 aromatic rings. The molecule has 5 nitrogen and oxygen atoms in total. The summed E-state index contributed by atoms with van der Waals surface area (Å²) in [5.41, 5.74) is 5.78. The number of morpholine rings is 1. The summed E-state index contributed by atoms with van der Waals surface area (Å²) < 4.78 is 10.4. The number of rotatable bonds is 4. The fraction of sp³-hybridized carbons (Fsp3) is 0.909. The van der Waals surface area contributed by atoms with Crippen LogP contribution in [0.25, 0.3) is 0 Å². The normalized spacial score (nSPS) is 26.2. The van der Waals surface area contributed by atoms with Gasteiger partial charge < -0.3 is 20.1 Å². The second-order valence-electron chi connectivity index (χ2n) is 4.57. The Hall–Kier alpha value is -0.360. The zero-order valence-corrected chi connectivity index (χ0v) is 10.9. The van der Waals surface area contributed by atoms with E-state index in [9.17, 15) is 4.79 Å². The third kappa shape index (κ3) is 3.55. The molecule has 100 valence electrons. The predicted octanol–water partition coefficient (Wildman–Crippen LogP) is 0.0193. The van der Waals surface area contributed by atoms with Crippen LogP contribution < -0.4 is 5.73 Å². The number of methoxy groups -OCH3 is 1. The van der Waals surface area contributed by atoms with Gasteiger partial charge in [0.05, 0.1) is 25.9 Å². The van der Waals surface area contributed by atoms with E-state index in [4.69, 9.17) is 15.2 Å². The average Bonchev–Trinajstić information content (AvgIpc) is 3.12. The molecule has 0 bridgehead atoms. The Morgan fingerprint density at radius 2 is 2.29 bits per heavy atom. The Morgan fingerprint density at radius 3 is 2.88 bits per heavy atom. The SMILES string of the molecule is COCC(N)C(=O)N1CCOCC1C1CC1.Cl. The third-order valence-electron chi connectivity index (χ3n) is 3.28. The van der Waals surface area contributed by atoms with E-state index in [-0.39, 0.29) is 31.0 Å². The van der Waals surface area contributed by atoms with Gasteiger partial charge in [-0.2, -0.15) is 0 Å². The quantitative estimate of drug-likeness (QED) is 0.778. The largest absolute Gasteiger partial charge is 0.383 e. The van der Waals surface area contributed by atoms with Crippen molar-refractivity contribution in [1.82, 2.24) is 4.90 Å². The van der Waals surface area contributed by atoms with Crippen LogP contribution in [0.3, 0.4) is 0 Å². The minimum atomic E-state index is -0.538. The van der Waals surface area contributed by atoms with Crippen LogP contribution >= 0.6 is 12.4 Å². The van der Waals surface area contributed by atoms with E-state index in [1.54, 1.807) is 7.11 Å². The van der Waals surface area contributed by atoms with Crippen molar-refractivity contribution in [1.29, 1.82) is 0 Å². The number of ether oxygens (including phenoxy) is 2. The van der Waals surface area contributed by atoms with Crippen LogP contribution in [0.2, 0.25) is 0 Å². The van der Waals surface area contributed by atoms with Crippen LogP contribution in [0.4, 0.5) is 0 Å². The van der Waals surface area contributed by atoms with E-state index in [1.165, 1.54) is 12.8 Å². The predicted molar refractivity (Wildman–Crippen MR) is 66.1 cm³/mol. The number of halogens is 1. The number of carbonyl (C=O) groups is 1. The van der Waals surface area contributed by atoms with Crippen molar-refractivity contribution in [2.24, 2.45) is 11.7 Å². The molecule has 1 heterocycles. The highest BCUT2D eigenvalue weighted by Crippen LogP contribution is 2.36. The second kappa shape index (κ2) is 6.54. The fourth-order valence-corrected chi connectivity index (χ4v) is 2.23. The number of carbonyl (C=O) groups excluding carboxylic acids is 1. The molecule has 6 heteroatoms. The fourth-order valence-electron chi connectivity index (χ4n) is 2.23. The lowest BCUT2D eigenvalue weighted by molar-refractivity contribution is -0.143. The van der Waals surface area contributed by atoms with Crippen LogP contribution in [-0.4, -0.2) is 56.4 Å². The van der Waals surface area contributed by atoms with Crippen molar-refractivity contribution in [2.75, 3.05) is 33.5 Å². The molecule has 2 fully saturated rings. The third-order valence-corrected chi connectivity index (χ3v) is 3.28. The van der Waals surface area contributed by atoms with Crippen molar-refractivity contribution >= 4 is 18.3 Å². The smallest absolute Gasteiger partial charge is 0.242 e. The topological polar surface area (TPSA) is 64.8 Å². The van der Waals surface area contributed by atoms with Gasteiger partial charge >= 0.3 is 0 Å². The van der Waals surface area contributed by atoms with E-state index in [2.05, 4.69) is 0 Å². The Labute approximate surface area is 108 Å². The Balaban J connectivity index is 0.00000144. The van der Waals surface area contributed by atoms with Crippen LogP contribution in [0.1, 0.15) is 12.8 Å². The minimum absolute atomic E-state index is 0. The van der Waals surface area contributed by atoms with Crippen LogP contribution in [0.15, 0.2) is 0 Å². The van der Waals surface area contributed by atoms with Gasteiger partial charge in [0, 0.05) is 13.7 Å². The van der Waals surface area contributed by atoms with Crippen molar-refractivity contribution in [3.05, 3.63) is 0 Å². The summed E-state index contributed by atoms with van der Waals surface area (Å²) in [6.45, 7) is 2.23. The van der Waals surface area contributed by atoms with Gasteiger partial charge in [0.25, 0.3) is 0 Å². The van der Waals surface area contributed by atoms with E-state index in [0.717, 1.165) is 0 Å². The van der Waals surface area contributed by atoms with Gasteiger partial charge in [-0.05, 0) is 18.8 Å². The number of amides is 1. The van der Waals surface area contributed by atoms with Crippen LogP contribution in [-0.2, 0) is 14.3 Å². The maximum atomic E-state index is 12.1. The van der Waals surface area contributed by atoms with E-state index in [1.807, 2.05) is 4.90 Å². The standard InChI is InChI=1S/C11H20N2O3.ClH/c1-15-6-9(12)11(14)13-4-5-16-7-10(13)8-2-3-8;/h8-10H,2-7,12H2,1H3;1H. The van der Waals surface area contributed by atoms with Gasteiger partial charge in [-0.1, -0.05) is 0 Å². The average molecular weight is 265 g/mol. The summed E-state index contributed by atoms with van der Waals surface area (Å²) in [4.78, 5) is 14.0. The monoisotopic (exact) mass is 264 g/mol. The lowest BCUT2D eigenvalue weighted by Gasteiger charge is -2.37. The lowest BCUT2D eigenvalue weighted by Crippen LogP contribution is -2.55. The molecule has 2 rings (SSSR count). The van der Waals surface area contributed by atoms with Crippen molar-refractivity contribution in [2.45, 2.75) is 24.9 Å². The maximum absolute atomic E-state index is 12.1. The van der Waals surface area contributed by atoms with Gasteiger partial charge in [-0.3, -0.25) is 4.79 Å². The Kier molecular flexibility index (Phi) is 5.66. The molecule has 0 aromatic heterocycles. The first kappa shape index (κ1) is 14.7. The molecule has 2 N–H and O–H groups in total. The van der Waals surface area contributed by atoms with Gasteiger partial charge in [-0.25, -0.2) is 0 Å². The molecule has 2 atom stereocenters. The maximum Gasteiger partial charge on any atom is 0.242 e. The summed E-state index contributed by atoms with van der Waals surface area (Å²) in [6, 6.07) is -0.298. The zero-order chi connectivity index (χ0) is 11.5. The van der Waals surface area contributed by atoms with Crippen molar-refractivity contribution < 1.29 is 14.3 Å². The summed E-state index contributed by atoms with van der Waals surface area (Å²) in [7, 11) is 1.56. The molecular formula is C11H21ClN2O3. The van der Waals surface area contributed by atoms with Crippen molar-refractivity contribution in [3.63, 3.8) is 0 Å².